The van der Waals surface area contributed by atoms with Crippen molar-refractivity contribution >= 4 is 17.7 Å². The molecule has 2 bridgehead atoms. The van der Waals surface area contributed by atoms with Gasteiger partial charge in [0.25, 0.3) is 0 Å². The van der Waals surface area contributed by atoms with Crippen LogP contribution in [0.5, 0.6) is 0 Å². The molecule has 2 N–H and O–H groups in total. The first kappa shape index (κ1) is 24.9. The minimum Gasteiger partial charge on any atom is -0.465 e. The molecule has 0 heterocycles. The van der Waals surface area contributed by atoms with Crippen molar-refractivity contribution in [2.75, 3.05) is 6.61 Å². The Labute approximate surface area is 200 Å². The van der Waals surface area contributed by atoms with Crippen molar-refractivity contribution in [1.29, 1.82) is 0 Å². The number of ketones is 1. The van der Waals surface area contributed by atoms with Gasteiger partial charge in [0.15, 0.2) is 17.5 Å². The third-order valence-electron chi connectivity index (χ3n) is 9.20. The number of allylic oxidation sites excluding steroid dienone is 2. The maximum Gasteiger partial charge on any atom is 0.334 e. The van der Waals surface area contributed by atoms with Crippen LogP contribution in [0.2, 0.25) is 0 Å². The third-order valence-corrected chi connectivity index (χ3v) is 9.20. The van der Waals surface area contributed by atoms with Crippen LogP contribution >= 0.6 is 0 Å². The van der Waals surface area contributed by atoms with Crippen LogP contribution in [-0.2, 0) is 23.9 Å². The molecule has 4 rings (SSSR count). The quantitative estimate of drug-likeness (QED) is 0.368. The summed E-state index contributed by atoms with van der Waals surface area (Å²) >= 11 is 0. The average molecular weight is 473 g/mol. The number of rotatable bonds is 4. The highest BCUT2D eigenvalue weighted by molar-refractivity contribution is 5.96. The highest BCUT2D eigenvalue weighted by atomic mass is 16.6. The van der Waals surface area contributed by atoms with Crippen molar-refractivity contribution in [3.8, 4) is 0 Å². The fourth-order valence-electron chi connectivity index (χ4n) is 7.18. The first-order chi connectivity index (χ1) is 15.8. The molecule has 0 aliphatic heterocycles. The number of Topliss-reactive ketones (excluding diaryl/α,β-unsaturated/α-hetero) is 1. The summed E-state index contributed by atoms with van der Waals surface area (Å²) in [7, 11) is 0. The summed E-state index contributed by atoms with van der Waals surface area (Å²) in [6, 6.07) is 0. The molecular formula is C27H36O7. The van der Waals surface area contributed by atoms with Gasteiger partial charge < -0.3 is 19.7 Å². The molecular weight excluding hydrogens is 436 g/mol. The minimum absolute atomic E-state index is 0.0637. The highest BCUT2D eigenvalue weighted by Gasteiger charge is 2.77. The van der Waals surface area contributed by atoms with Crippen molar-refractivity contribution < 1.29 is 34.1 Å². The van der Waals surface area contributed by atoms with Crippen LogP contribution in [0.4, 0.5) is 0 Å². The predicted octanol–water partition coefficient (Wildman–Crippen LogP) is 2.90. The Balaban J connectivity index is 1.82. The van der Waals surface area contributed by atoms with Crippen LogP contribution in [0.25, 0.3) is 0 Å². The van der Waals surface area contributed by atoms with Crippen LogP contribution < -0.4 is 0 Å². The molecule has 9 atom stereocenters. The number of fused-ring (bicyclic) bond motifs is 3. The van der Waals surface area contributed by atoms with Crippen molar-refractivity contribution in [3.05, 3.63) is 34.9 Å². The van der Waals surface area contributed by atoms with Gasteiger partial charge >= 0.3 is 11.9 Å². The summed E-state index contributed by atoms with van der Waals surface area (Å²) in [6.07, 6.45) is 3.22. The molecule has 7 nitrogen and oxygen atoms in total. The second-order valence-electron chi connectivity index (χ2n) is 11.1. The van der Waals surface area contributed by atoms with E-state index in [1.54, 1.807) is 45.9 Å². The Morgan fingerprint density at radius 2 is 1.88 bits per heavy atom. The Morgan fingerprint density at radius 1 is 1.24 bits per heavy atom. The molecule has 34 heavy (non-hydrogen) atoms. The standard InChI is InChI=1S/C27H36O7/c1-8-13(2)24(31)34-23-15(4)11-26-16(5)10-19-20(25(19,7)12-33-17(6)28)18(22(26)30)9-14(3)21(29)27(23,26)32/h8-9,11,16,18-21,23,29,32H,10,12H2,1-7H3/b13-8-/t16-,18+,19-,20?,21-,23+,25-,26+,27+/m1/s1. The summed E-state index contributed by atoms with van der Waals surface area (Å²) in [6.45, 7) is 12.4. The normalized spacial score (nSPS) is 45.2. The molecule has 4 aliphatic rings. The molecule has 0 aromatic rings. The van der Waals surface area contributed by atoms with E-state index in [1.165, 1.54) is 6.92 Å². The van der Waals surface area contributed by atoms with E-state index in [0.717, 1.165) is 0 Å². The third kappa shape index (κ3) is 3.05. The van der Waals surface area contributed by atoms with E-state index in [-0.39, 0.29) is 41.5 Å². The van der Waals surface area contributed by atoms with Crippen LogP contribution in [0, 0.1) is 34.5 Å². The Hall–Kier alpha value is -2.25. The lowest BCUT2D eigenvalue weighted by Gasteiger charge is -2.48. The topological polar surface area (TPSA) is 110 Å². The SMILES string of the molecule is C/C=C(/C)C(=O)O[C@H]1C(C)=C[C@]23C(=O)[C@@H](C=C(C)[C@@H](O)[C@]12O)C1[C@@H](C[C@H]3C)[C@@]1(C)COC(C)=O. The molecule has 0 saturated heterocycles. The molecule has 0 aromatic carbocycles. The van der Waals surface area contributed by atoms with Crippen LogP contribution in [0.15, 0.2) is 34.9 Å². The lowest BCUT2D eigenvalue weighted by Crippen LogP contribution is -2.65. The fraction of sp³-hybridized carbons (Fsp3) is 0.667. The average Bonchev–Trinajstić information content (AvgIpc) is 3.31. The number of aliphatic hydroxyl groups excluding tert-OH is 1. The summed E-state index contributed by atoms with van der Waals surface area (Å²) in [5.41, 5.74) is -2.35. The Kier molecular flexibility index (Phi) is 5.77. The number of aliphatic hydroxyl groups is 2. The van der Waals surface area contributed by atoms with Gasteiger partial charge in [-0.05, 0) is 63.0 Å². The Bertz CT molecular complexity index is 1040. The van der Waals surface area contributed by atoms with Gasteiger partial charge in [-0.1, -0.05) is 32.1 Å². The van der Waals surface area contributed by atoms with Gasteiger partial charge in [0.1, 0.15) is 6.10 Å². The van der Waals surface area contributed by atoms with Crippen LogP contribution in [-0.4, -0.2) is 52.4 Å². The maximum atomic E-state index is 14.4. The minimum atomic E-state index is -2.02. The van der Waals surface area contributed by atoms with Crippen molar-refractivity contribution in [2.45, 2.75) is 72.7 Å². The molecule has 186 valence electrons. The second-order valence-corrected chi connectivity index (χ2v) is 11.1. The van der Waals surface area contributed by atoms with Crippen molar-refractivity contribution in [1.82, 2.24) is 0 Å². The molecule has 2 saturated carbocycles. The smallest absolute Gasteiger partial charge is 0.334 e. The summed E-state index contributed by atoms with van der Waals surface area (Å²) < 4.78 is 11.1. The van der Waals surface area contributed by atoms with E-state index in [1.807, 2.05) is 13.8 Å². The maximum absolute atomic E-state index is 14.4. The van der Waals surface area contributed by atoms with E-state index in [4.69, 9.17) is 9.47 Å². The first-order valence-corrected chi connectivity index (χ1v) is 12.1. The van der Waals surface area contributed by atoms with Gasteiger partial charge in [0.2, 0.25) is 0 Å². The molecule has 1 spiro atoms. The van der Waals surface area contributed by atoms with E-state index in [9.17, 15) is 24.6 Å². The highest BCUT2D eigenvalue weighted by Crippen LogP contribution is 2.72. The van der Waals surface area contributed by atoms with Gasteiger partial charge in [0, 0.05) is 23.8 Å². The van der Waals surface area contributed by atoms with E-state index >= 15 is 0 Å². The number of esters is 2. The van der Waals surface area contributed by atoms with E-state index in [0.29, 0.717) is 23.1 Å². The second kappa shape index (κ2) is 7.89. The first-order valence-electron chi connectivity index (χ1n) is 12.1. The zero-order valence-electron chi connectivity index (χ0n) is 21.0. The number of hydrogen-bond donors (Lipinski definition) is 2. The lowest BCUT2D eigenvalue weighted by molar-refractivity contribution is -0.201. The molecule has 7 heteroatoms. The molecule has 4 aliphatic carbocycles. The molecule has 0 radical (unpaired) electrons. The zero-order chi connectivity index (χ0) is 25.4. The molecule has 1 unspecified atom stereocenters. The van der Waals surface area contributed by atoms with Crippen molar-refractivity contribution in [2.24, 2.45) is 34.5 Å². The van der Waals surface area contributed by atoms with Crippen LogP contribution in [0.3, 0.4) is 0 Å². The van der Waals surface area contributed by atoms with E-state index in [2.05, 4.69) is 0 Å². The van der Waals surface area contributed by atoms with Crippen LogP contribution in [0.1, 0.15) is 54.9 Å². The van der Waals surface area contributed by atoms with Gasteiger partial charge in [-0.25, -0.2) is 4.79 Å². The number of carbonyl (C=O) groups is 3. The summed E-state index contributed by atoms with van der Waals surface area (Å²) in [5.74, 6) is -1.94. The fourth-order valence-corrected chi connectivity index (χ4v) is 7.18. The number of ether oxygens (including phenoxy) is 2. The number of carbonyl (C=O) groups excluding carboxylic acids is 3. The van der Waals surface area contributed by atoms with Gasteiger partial charge in [-0.15, -0.1) is 0 Å². The van der Waals surface area contributed by atoms with Gasteiger partial charge in [0.05, 0.1) is 12.0 Å². The summed E-state index contributed by atoms with van der Waals surface area (Å²) in [4.78, 5) is 38.5. The monoisotopic (exact) mass is 472 g/mol. The van der Waals surface area contributed by atoms with Crippen molar-refractivity contribution in [3.63, 3.8) is 0 Å². The van der Waals surface area contributed by atoms with E-state index < -0.39 is 35.1 Å². The van der Waals surface area contributed by atoms with Gasteiger partial charge in [-0.3, -0.25) is 9.59 Å². The molecule has 0 amide bonds. The largest absolute Gasteiger partial charge is 0.465 e. The lowest BCUT2D eigenvalue weighted by atomic mass is 9.59. The molecule has 0 aromatic heterocycles. The Morgan fingerprint density at radius 3 is 2.47 bits per heavy atom. The number of hydrogen-bond acceptors (Lipinski definition) is 7. The summed E-state index contributed by atoms with van der Waals surface area (Å²) in [5, 5.41) is 23.8. The molecule has 2 fully saturated rings. The predicted molar refractivity (Wildman–Crippen MR) is 124 cm³/mol. The zero-order valence-corrected chi connectivity index (χ0v) is 21.0. The van der Waals surface area contributed by atoms with Gasteiger partial charge in [-0.2, -0.15) is 0 Å².